The summed E-state index contributed by atoms with van der Waals surface area (Å²) in [6.07, 6.45) is 1.88. The molecule has 100 valence electrons. The summed E-state index contributed by atoms with van der Waals surface area (Å²) >= 11 is 0. The van der Waals surface area contributed by atoms with E-state index in [1.807, 2.05) is 37.3 Å². The zero-order valence-corrected chi connectivity index (χ0v) is 11.7. The van der Waals surface area contributed by atoms with Gasteiger partial charge in [0.25, 0.3) is 0 Å². The third-order valence-electron chi connectivity index (χ3n) is 3.04. The van der Waals surface area contributed by atoms with Crippen LogP contribution in [-0.4, -0.2) is 19.0 Å². The largest absolute Gasteiger partial charge is 0.381 e. The molecule has 18 heavy (non-hydrogen) atoms. The quantitative estimate of drug-likeness (QED) is 0.514. The first kappa shape index (κ1) is 14.9. The number of benzene rings is 1. The van der Waals surface area contributed by atoms with Crippen molar-refractivity contribution in [2.24, 2.45) is 11.8 Å². The SMILES string of the molecule is CC(C)CCOCCC(C)C(=O)c1ccccc1. The van der Waals surface area contributed by atoms with Crippen molar-refractivity contribution in [2.75, 3.05) is 13.2 Å². The maximum Gasteiger partial charge on any atom is 0.165 e. The number of ether oxygens (including phenoxy) is 1. The van der Waals surface area contributed by atoms with Crippen molar-refractivity contribution in [2.45, 2.75) is 33.6 Å². The van der Waals surface area contributed by atoms with E-state index in [2.05, 4.69) is 13.8 Å². The number of Topliss-reactive ketones (excluding diaryl/α,β-unsaturated/α-hetero) is 1. The van der Waals surface area contributed by atoms with Crippen molar-refractivity contribution in [3.05, 3.63) is 35.9 Å². The highest BCUT2D eigenvalue weighted by atomic mass is 16.5. The molecule has 0 saturated heterocycles. The van der Waals surface area contributed by atoms with E-state index in [0.717, 1.165) is 25.0 Å². The number of hydrogen-bond acceptors (Lipinski definition) is 2. The number of ketones is 1. The van der Waals surface area contributed by atoms with Gasteiger partial charge in [-0.2, -0.15) is 0 Å². The Bertz CT molecular complexity index is 343. The highest BCUT2D eigenvalue weighted by molar-refractivity contribution is 5.97. The van der Waals surface area contributed by atoms with Crippen LogP contribution in [0.25, 0.3) is 0 Å². The first-order valence-electron chi connectivity index (χ1n) is 6.78. The van der Waals surface area contributed by atoms with Gasteiger partial charge in [0.2, 0.25) is 0 Å². The van der Waals surface area contributed by atoms with E-state index >= 15 is 0 Å². The molecular weight excluding hydrogens is 224 g/mol. The third kappa shape index (κ3) is 5.46. The lowest BCUT2D eigenvalue weighted by Crippen LogP contribution is -2.14. The molecule has 2 nitrogen and oxygen atoms in total. The van der Waals surface area contributed by atoms with E-state index in [0.29, 0.717) is 12.5 Å². The van der Waals surface area contributed by atoms with Crippen molar-refractivity contribution in [3.63, 3.8) is 0 Å². The van der Waals surface area contributed by atoms with E-state index in [1.165, 1.54) is 0 Å². The molecule has 0 aliphatic heterocycles. The average molecular weight is 248 g/mol. The molecule has 0 bridgehead atoms. The molecule has 1 unspecified atom stereocenters. The molecule has 1 rings (SSSR count). The van der Waals surface area contributed by atoms with E-state index in [9.17, 15) is 4.79 Å². The Balaban J connectivity index is 2.24. The normalized spacial score (nSPS) is 12.7. The molecule has 0 fully saturated rings. The predicted molar refractivity (Wildman–Crippen MR) is 74.8 cm³/mol. The van der Waals surface area contributed by atoms with Crippen molar-refractivity contribution in [1.29, 1.82) is 0 Å². The molecule has 2 heteroatoms. The molecular formula is C16H24O2. The highest BCUT2D eigenvalue weighted by Crippen LogP contribution is 2.12. The Labute approximate surface area is 110 Å². The van der Waals surface area contributed by atoms with Gasteiger partial charge in [-0.05, 0) is 18.8 Å². The Morgan fingerprint density at radius 1 is 1.06 bits per heavy atom. The standard InChI is InChI=1S/C16H24O2/c1-13(2)9-11-18-12-10-14(3)16(17)15-7-5-4-6-8-15/h4-8,13-14H,9-12H2,1-3H3. The maximum absolute atomic E-state index is 12.1. The minimum absolute atomic E-state index is 0.0337. The van der Waals surface area contributed by atoms with Crippen LogP contribution in [0.15, 0.2) is 30.3 Å². The van der Waals surface area contributed by atoms with E-state index in [-0.39, 0.29) is 11.7 Å². The van der Waals surface area contributed by atoms with Crippen molar-refractivity contribution < 1.29 is 9.53 Å². The number of rotatable bonds is 8. The minimum Gasteiger partial charge on any atom is -0.381 e. The van der Waals surface area contributed by atoms with E-state index in [4.69, 9.17) is 4.74 Å². The summed E-state index contributed by atoms with van der Waals surface area (Å²) in [6.45, 7) is 7.81. The lowest BCUT2D eigenvalue weighted by Gasteiger charge is -2.11. The molecule has 0 amide bonds. The fourth-order valence-corrected chi connectivity index (χ4v) is 1.70. The van der Waals surface area contributed by atoms with E-state index in [1.54, 1.807) is 0 Å². The van der Waals surface area contributed by atoms with Gasteiger partial charge in [0.05, 0.1) is 0 Å². The average Bonchev–Trinajstić information content (AvgIpc) is 2.38. The molecule has 0 aromatic heterocycles. The summed E-state index contributed by atoms with van der Waals surface area (Å²) in [4.78, 5) is 12.1. The van der Waals surface area contributed by atoms with Crippen LogP contribution in [0.4, 0.5) is 0 Å². The Morgan fingerprint density at radius 2 is 1.67 bits per heavy atom. The molecule has 0 radical (unpaired) electrons. The molecule has 0 N–H and O–H groups in total. The third-order valence-corrected chi connectivity index (χ3v) is 3.04. The van der Waals surface area contributed by atoms with Gasteiger partial charge >= 0.3 is 0 Å². The molecule has 1 aromatic carbocycles. The summed E-state index contributed by atoms with van der Waals surface area (Å²) in [7, 11) is 0. The minimum atomic E-state index is 0.0337. The summed E-state index contributed by atoms with van der Waals surface area (Å²) in [5.74, 6) is 0.919. The summed E-state index contributed by atoms with van der Waals surface area (Å²) < 4.78 is 5.55. The monoisotopic (exact) mass is 248 g/mol. The van der Waals surface area contributed by atoms with Gasteiger partial charge in [-0.3, -0.25) is 4.79 Å². The van der Waals surface area contributed by atoms with Gasteiger partial charge in [0.15, 0.2) is 5.78 Å². The van der Waals surface area contributed by atoms with E-state index < -0.39 is 0 Å². The smallest absolute Gasteiger partial charge is 0.165 e. The molecule has 0 saturated carbocycles. The highest BCUT2D eigenvalue weighted by Gasteiger charge is 2.14. The zero-order chi connectivity index (χ0) is 13.4. The topological polar surface area (TPSA) is 26.3 Å². The first-order valence-corrected chi connectivity index (χ1v) is 6.78. The number of carbonyl (C=O) groups is 1. The molecule has 0 aliphatic carbocycles. The molecule has 1 atom stereocenters. The molecule has 0 heterocycles. The second-order valence-electron chi connectivity index (χ2n) is 5.21. The van der Waals surface area contributed by atoms with Crippen LogP contribution in [0.2, 0.25) is 0 Å². The van der Waals surface area contributed by atoms with Crippen molar-refractivity contribution in [3.8, 4) is 0 Å². The Kier molecular flexibility index (Phi) is 6.66. The maximum atomic E-state index is 12.1. The number of hydrogen-bond donors (Lipinski definition) is 0. The zero-order valence-electron chi connectivity index (χ0n) is 11.7. The van der Waals surface area contributed by atoms with Crippen LogP contribution in [0.3, 0.4) is 0 Å². The summed E-state index contributed by atoms with van der Waals surface area (Å²) in [5, 5.41) is 0. The number of carbonyl (C=O) groups excluding carboxylic acids is 1. The second-order valence-corrected chi connectivity index (χ2v) is 5.21. The van der Waals surface area contributed by atoms with Crippen LogP contribution < -0.4 is 0 Å². The van der Waals surface area contributed by atoms with Crippen molar-refractivity contribution in [1.82, 2.24) is 0 Å². The van der Waals surface area contributed by atoms with Crippen LogP contribution in [0.1, 0.15) is 44.0 Å². The van der Waals surface area contributed by atoms with Gasteiger partial charge in [0, 0.05) is 24.7 Å². The Morgan fingerprint density at radius 3 is 2.28 bits per heavy atom. The fourth-order valence-electron chi connectivity index (χ4n) is 1.70. The predicted octanol–water partition coefficient (Wildman–Crippen LogP) is 3.96. The molecule has 0 aliphatic rings. The lowest BCUT2D eigenvalue weighted by molar-refractivity contribution is 0.0837. The van der Waals surface area contributed by atoms with Gasteiger partial charge in [0.1, 0.15) is 0 Å². The van der Waals surface area contributed by atoms with Gasteiger partial charge in [-0.15, -0.1) is 0 Å². The van der Waals surface area contributed by atoms with Gasteiger partial charge in [-0.25, -0.2) is 0 Å². The molecule has 0 spiro atoms. The Hall–Kier alpha value is -1.15. The summed E-state index contributed by atoms with van der Waals surface area (Å²) in [5.41, 5.74) is 0.798. The summed E-state index contributed by atoms with van der Waals surface area (Å²) in [6, 6.07) is 9.48. The molecule has 1 aromatic rings. The van der Waals surface area contributed by atoms with Crippen LogP contribution in [-0.2, 0) is 4.74 Å². The van der Waals surface area contributed by atoms with Crippen LogP contribution in [0, 0.1) is 11.8 Å². The van der Waals surface area contributed by atoms with Crippen LogP contribution in [0.5, 0.6) is 0 Å². The van der Waals surface area contributed by atoms with Gasteiger partial charge < -0.3 is 4.74 Å². The fraction of sp³-hybridized carbons (Fsp3) is 0.562. The van der Waals surface area contributed by atoms with Gasteiger partial charge in [-0.1, -0.05) is 51.1 Å². The lowest BCUT2D eigenvalue weighted by atomic mass is 9.97. The first-order chi connectivity index (χ1) is 8.61. The van der Waals surface area contributed by atoms with Crippen LogP contribution >= 0.6 is 0 Å². The van der Waals surface area contributed by atoms with Crippen molar-refractivity contribution >= 4 is 5.78 Å². The second kappa shape index (κ2) is 8.04.